The molecule has 0 bridgehead atoms. The van der Waals surface area contributed by atoms with Crippen molar-refractivity contribution in [3.63, 3.8) is 0 Å². The number of aliphatic hydroxyl groups is 1. The van der Waals surface area contributed by atoms with E-state index in [1.165, 1.54) is 6.07 Å². The molecule has 3 nitrogen and oxygen atoms in total. The minimum absolute atomic E-state index is 0.290. The van der Waals surface area contributed by atoms with Crippen LogP contribution in [-0.2, 0) is 0 Å². The Morgan fingerprint density at radius 2 is 2.12 bits per heavy atom. The quantitative estimate of drug-likeness (QED) is 0.675. The van der Waals surface area contributed by atoms with Gasteiger partial charge >= 0.3 is 0 Å². The van der Waals surface area contributed by atoms with Gasteiger partial charge in [-0.05, 0) is 19.1 Å². The van der Waals surface area contributed by atoms with Crippen molar-refractivity contribution in [1.82, 2.24) is 9.97 Å². The Morgan fingerprint density at radius 1 is 1.29 bits per heavy atom. The molecule has 2 heterocycles. The summed E-state index contributed by atoms with van der Waals surface area (Å²) in [5.74, 6) is -0.374. The number of H-pyrrole nitrogens is 1. The normalized spacial score (nSPS) is 13.4. The number of pyridine rings is 1. The molecule has 2 aromatic heterocycles. The van der Waals surface area contributed by atoms with E-state index in [1.54, 1.807) is 19.2 Å². The lowest BCUT2D eigenvalue weighted by Gasteiger charge is -2.08. The fourth-order valence-electron chi connectivity index (χ4n) is 2.14. The molecule has 3 aromatic rings. The molecule has 0 unspecified atom stereocenters. The topological polar surface area (TPSA) is 48.9 Å². The molecule has 1 aromatic carbocycles. The Bertz CT molecular complexity index is 703. The number of benzene rings is 1. The van der Waals surface area contributed by atoms with Crippen LogP contribution in [0, 0.1) is 5.82 Å². The average Bonchev–Trinajstić information content (AvgIpc) is 2.77. The van der Waals surface area contributed by atoms with Gasteiger partial charge in [0.1, 0.15) is 11.3 Å². The largest absolute Gasteiger partial charge is 0.387 e. The number of halogens is 1. The second kappa shape index (κ2) is 3.53. The third kappa shape index (κ3) is 1.41. The number of rotatable bonds is 1. The summed E-state index contributed by atoms with van der Waals surface area (Å²) in [7, 11) is 0. The van der Waals surface area contributed by atoms with Crippen LogP contribution in [0.3, 0.4) is 0 Å². The Morgan fingerprint density at radius 3 is 2.88 bits per heavy atom. The number of aromatic amines is 1. The molecule has 3 rings (SSSR count). The standard InChI is InChI=1S/C13H11FN2O/c1-7(17)11-9-5-6-15-12(9)8-3-2-4-10(14)13(8)16-11/h2-7,15,17H,1H3/t7-/m1/s1. The highest BCUT2D eigenvalue weighted by Crippen LogP contribution is 2.29. The zero-order chi connectivity index (χ0) is 12.0. The number of para-hydroxylation sites is 1. The van der Waals surface area contributed by atoms with Gasteiger partial charge in [-0.15, -0.1) is 0 Å². The molecule has 4 heteroatoms. The Hall–Kier alpha value is -1.94. The molecular formula is C13H11FN2O. The predicted octanol–water partition coefficient (Wildman–Crippen LogP) is 2.91. The van der Waals surface area contributed by atoms with Gasteiger partial charge in [-0.2, -0.15) is 0 Å². The van der Waals surface area contributed by atoms with Crippen LogP contribution in [-0.4, -0.2) is 15.1 Å². The van der Waals surface area contributed by atoms with E-state index >= 15 is 0 Å². The van der Waals surface area contributed by atoms with Crippen LogP contribution in [0.5, 0.6) is 0 Å². The lowest BCUT2D eigenvalue weighted by atomic mass is 10.1. The van der Waals surface area contributed by atoms with Crippen LogP contribution < -0.4 is 0 Å². The highest BCUT2D eigenvalue weighted by atomic mass is 19.1. The van der Waals surface area contributed by atoms with Crippen LogP contribution in [0.15, 0.2) is 30.5 Å². The summed E-state index contributed by atoms with van der Waals surface area (Å²) < 4.78 is 13.7. The maximum atomic E-state index is 13.7. The third-order valence-electron chi connectivity index (χ3n) is 2.91. The van der Waals surface area contributed by atoms with E-state index in [0.717, 1.165) is 16.3 Å². The fourth-order valence-corrected chi connectivity index (χ4v) is 2.14. The molecule has 0 aliphatic heterocycles. The van der Waals surface area contributed by atoms with Gasteiger partial charge in [0.2, 0.25) is 0 Å². The summed E-state index contributed by atoms with van der Waals surface area (Å²) >= 11 is 0. The van der Waals surface area contributed by atoms with Gasteiger partial charge in [0.05, 0.1) is 17.3 Å². The SMILES string of the molecule is C[C@@H](O)c1nc2c(F)cccc2c2[nH]ccc12. The van der Waals surface area contributed by atoms with Crippen LogP contribution in [0.25, 0.3) is 21.8 Å². The molecule has 0 aliphatic carbocycles. The van der Waals surface area contributed by atoms with Gasteiger partial charge in [0, 0.05) is 17.0 Å². The van der Waals surface area contributed by atoms with E-state index in [4.69, 9.17) is 0 Å². The maximum absolute atomic E-state index is 13.7. The zero-order valence-corrected chi connectivity index (χ0v) is 9.24. The smallest absolute Gasteiger partial charge is 0.149 e. The van der Waals surface area contributed by atoms with Crippen LogP contribution in [0.4, 0.5) is 4.39 Å². The van der Waals surface area contributed by atoms with E-state index in [1.807, 2.05) is 12.1 Å². The monoisotopic (exact) mass is 230 g/mol. The second-order valence-electron chi connectivity index (χ2n) is 4.08. The van der Waals surface area contributed by atoms with E-state index in [-0.39, 0.29) is 5.82 Å². The summed E-state index contributed by atoms with van der Waals surface area (Å²) in [5, 5.41) is 11.3. The third-order valence-corrected chi connectivity index (χ3v) is 2.91. The molecular weight excluding hydrogens is 219 g/mol. The number of aliphatic hydroxyl groups excluding tert-OH is 1. The van der Waals surface area contributed by atoms with E-state index < -0.39 is 6.10 Å². The minimum atomic E-state index is -0.725. The van der Waals surface area contributed by atoms with Crippen molar-refractivity contribution in [1.29, 1.82) is 0 Å². The van der Waals surface area contributed by atoms with E-state index in [9.17, 15) is 9.50 Å². The highest BCUT2D eigenvalue weighted by Gasteiger charge is 2.14. The van der Waals surface area contributed by atoms with Crippen molar-refractivity contribution in [2.75, 3.05) is 0 Å². The summed E-state index contributed by atoms with van der Waals surface area (Å²) in [4.78, 5) is 7.30. The van der Waals surface area contributed by atoms with Gasteiger partial charge < -0.3 is 10.1 Å². The average molecular weight is 230 g/mol. The van der Waals surface area contributed by atoms with Gasteiger partial charge in [-0.25, -0.2) is 9.37 Å². The number of nitrogens with one attached hydrogen (secondary N) is 1. The summed E-state index contributed by atoms with van der Waals surface area (Å²) in [6.45, 7) is 1.63. The molecule has 0 amide bonds. The molecule has 0 radical (unpaired) electrons. The second-order valence-corrected chi connectivity index (χ2v) is 4.08. The van der Waals surface area contributed by atoms with Crippen LogP contribution in [0.2, 0.25) is 0 Å². The first kappa shape index (κ1) is 10.2. The van der Waals surface area contributed by atoms with E-state index in [2.05, 4.69) is 9.97 Å². The summed E-state index contributed by atoms with van der Waals surface area (Å²) in [6, 6.07) is 6.68. The summed E-state index contributed by atoms with van der Waals surface area (Å²) in [6.07, 6.45) is 1.04. The number of nitrogens with zero attached hydrogens (tertiary/aromatic N) is 1. The fraction of sp³-hybridized carbons (Fsp3) is 0.154. The lowest BCUT2D eigenvalue weighted by Crippen LogP contribution is -1.98. The molecule has 0 aliphatic rings. The van der Waals surface area contributed by atoms with Gasteiger partial charge in [0.15, 0.2) is 0 Å². The van der Waals surface area contributed by atoms with Crippen molar-refractivity contribution < 1.29 is 9.50 Å². The van der Waals surface area contributed by atoms with Crippen molar-refractivity contribution in [2.45, 2.75) is 13.0 Å². The van der Waals surface area contributed by atoms with Crippen LogP contribution in [0.1, 0.15) is 18.7 Å². The van der Waals surface area contributed by atoms with Gasteiger partial charge in [-0.3, -0.25) is 0 Å². The van der Waals surface area contributed by atoms with Gasteiger partial charge in [0.25, 0.3) is 0 Å². The Labute approximate surface area is 96.9 Å². The first-order chi connectivity index (χ1) is 8.18. The molecule has 0 saturated carbocycles. The predicted molar refractivity (Wildman–Crippen MR) is 64.2 cm³/mol. The van der Waals surface area contributed by atoms with E-state index in [0.29, 0.717) is 11.2 Å². The Kier molecular flexibility index (Phi) is 2.12. The van der Waals surface area contributed by atoms with Gasteiger partial charge in [-0.1, -0.05) is 12.1 Å². The van der Waals surface area contributed by atoms with Crippen molar-refractivity contribution in [3.8, 4) is 0 Å². The lowest BCUT2D eigenvalue weighted by molar-refractivity contribution is 0.196. The molecule has 1 atom stereocenters. The molecule has 2 N–H and O–H groups in total. The van der Waals surface area contributed by atoms with Crippen LogP contribution >= 0.6 is 0 Å². The molecule has 17 heavy (non-hydrogen) atoms. The molecule has 0 saturated heterocycles. The Balaban J connectivity index is 2.56. The summed E-state index contributed by atoms with van der Waals surface area (Å²) in [5.41, 5.74) is 1.60. The highest BCUT2D eigenvalue weighted by molar-refractivity contribution is 6.04. The number of hydrogen-bond donors (Lipinski definition) is 2. The molecule has 0 spiro atoms. The number of fused-ring (bicyclic) bond motifs is 3. The molecule has 86 valence electrons. The number of aromatic nitrogens is 2. The van der Waals surface area contributed by atoms with Crippen molar-refractivity contribution >= 4 is 21.8 Å². The molecule has 0 fully saturated rings. The van der Waals surface area contributed by atoms with Crippen molar-refractivity contribution in [2.24, 2.45) is 0 Å². The maximum Gasteiger partial charge on any atom is 0.149 e. The minimum Gasteiger partial charge on any atom is -0.387 e. The first-order valence-corrected chi connectivity index (χ1v) is 5.42. The first-order valence-electron chi connectivity index (χ1n) is 5.42. The zero-order valence-electron chi connectivity index (χ0n) is 9.24. The van der Waals surface area contributed by atoms with Crippen molar-refractivity contribution in [3.05, 3.63) is 42.0 Å². The number of hydrogen-bond acceptors (Lipinski definition) is 2.